The van der Waals surface area contributed by atoms with Gasteiger partial charge >= 0.3 is 0 Å². The number of benzene rings is 2. The van der Waals surface area contributed by atoms with Crippen LogP contribution in [0.1, 0.15) is 18.1 Å². The second-order valence-electron chi connectivity index (χ2n) is 5.30. The van der Waals surface area contributed by atoms with Crippen LogP contribution in [0, 0.1) is 0 Å². The zero-order chi connectivity index (χ0) is 15.6. The fraction of sp³-hybridized carbons (Fsp3) is 0.235. The third-order valence-corrected chi connectivity index (χ3v) is 3.74. The summed E-state index contributed by atoms with van der Waals surface area (Å²) < 4.78 is 10.7. The smallest absolute Gasteiger partial charge is 0.231 e. The fourth-order valence-electron chi connectivity index (χ4n) is 2.48. The summed E-state index contributed by atoms with van der Waals surface area (Å²) in [6, 6.07) is 11.6. The Morgan fingerprint density at radius 1 is 1.09 bits per heavy atom. The lowest BCUT2D eigenvalue weighted by molar-refractivity contribution is 0.130. The molecule has 23 heavy (non-hydrogen) atoms. The Morgan fingerprint density at radius 3 is 2.91 bits per heavy atom. The lowest BCUT2D eigenvalue weighted by Crippen LogP contribution is -2.21. The maximum absolute atomic E-state index is 5.46. The van der Waals surface area contributed by atoms with Gasteiger partial charge in [0.1, 0.15) is 13.3 Å². The Balaban J connectivity index is 1.45. The summed E-state index contributed by atoms with van der Waals surface area (Å²) in [5.41, 5.74) is 2.74. The molecular formula is C17H15N3O3. The molecule has 2 aliphatic rings. The van der Waals surface area contributed by atoms with E-state index in [0.29, 0.717) is 13.3 Å². The zero-order valence-corrected chi connectivity index (χ0v) is 12.7. The van der Waals surface area contributed by atoms with Crippen molar-refractivity contribution in [2.24, 2.45) is 15.1 Å². The van der Waals surface area contributed by atoms with E-state index in [1.54, 1.807) is 0 Å². The van der Waals surface area contributed by atoms with Gasteiger partial charge in [-0.1, -0.05) is 11.2 Å². The number of ether oxygens (including phenoxy) is 2. The van der Waals surface area contributed by atoms with Crippen LogP contribution in [0.3, 0.4) is 0 Å². The van der Waals surface area contributed by atoms with Crippen molar-refractivity contribution in [2.45, 2.75) is 13.5 Å². The van der Waals surface area contributed by atoms with Gasteiger partial charge in [0.25, 0.3) is 0 Å². The monoisotopic (exact) mass is 309 g/mol. The highest BCUT2D eigenvalue weighted by Crippen LogP contribution is 2.32. The highest BCUT2D eigenvalue weighted by Gasteiger charge is 2.14. The highest BCUT2D eigenvalue weighted by molar-refractivity contribution is 5.98. The molecule has 0 amide bonds. The van der Waals surface area contributed by atoms with Crippen molar-refractivity contribution in [2.75, 3.05) is 13.5 Å². The SMILES string of the molecule is C/C(=N\OCc1ccc2c(c1)=NCN=2)c1ccc2c(c1)OCO2. The van der Waals surface area contributed by atoms with Gasteiger partial charge in [-0.25, -0.2) is 0 Å². The molecule has 4 rings (SSSR count). The highest BCUT2D eigenvalue weighted by atomic mass is 16.7. The predicted molar refractivity (Wildman–Crippen MR) is 83.2 cm³/mol. The second-order valence-corrected chi connectivity index (χ2v) is 5.30. The first-order valence-corrected chi connectivity index (χ1v) is 7.34. The minimum absolute atomic E-state index is 0.265. The van der Waals surface area contributed by atoms with Crippen LogP contribution in [-0.4, -0.2) is 19.2 Å². The van der Waals surface area contributed by atoms with E-state index in [0.717, 1.165) is 39.1 Å². The summed E-state index contributed by atoms with van der Waals surface area (Å²) in [5, 5.41) is 6.03. The van der Waals surface area contributed by atoms with Crippen LogP contribution < -0.4 is 20.2 Å². The average molecular weight is 309 g/mol. The molecule has 0 saturated heterocycles. The van der Waals surface area contributed by atoms with Crippen molar-refractivity contribution in [3.05, 3.63) is 58.2 Å². The van der Waals surface area contributed by atoms with Crippen LogP contribution in [0.4, 0.5) is 0 Å². The Bertz CT molecular complexity index is 906. The maximum Gasteiger partial charge on any atom is 0.231 e. The molecule has 0 N–H and O–H groups in total. The van der Waals surface area contributed by atoms with E-state index in [-0.39, 0.29) is 6.79 Å². The largest absolute Gasteiger partial charge is 0.454 e. The van der Waals surface area contributed by atoms with Crippen LogP contribution in [0.15, 0.2) is 51.5 Å². The lowest BCUT2D eigenvalue weighted by atomic mass is 10.1. The van der Waals surface area contributed by atoms with Crippen molar-refractivity contribution >= 4 is 5.71 Å². The Kier molecular flexibility index (Phi) is 3.42. The number of fused-ring (bicyclic) bond motifs is 2. The van der Waals surface area contributed by atoms with E-state index < -0.39 is 0 Å². The Labute approximate surface area is 132 Å². The van der Waals surface area contributed by atoms with E-state index in [2.05, 4.69) is 15.1 Å². The second kappa shape index (κ2) is 5.72. The van der Waals surface area contributed by atoms with E-state index in [4.69, 9.17) is 14.3 Å². The van der Waals surface area contributed by atoms with E-state index >= 15 is 0 Å². The van der Waals surface area contributed by atoms with Gasteiger partial charge in [-0.15, -0.1) is 0 Å². The third kappa shape index (κ3) is 2.75. The van der Waals surface area contributed by atoms with Crippen LogP contribution in [0.2, 0.25) is 0 Å². The van der Waals surface area contributed by atoms with Crippen molar-refractivity contribution < 1.29 is 14.3 Å². The van der Waals surface area contributed by atoms with Crippen LogP contribution >= 0.6 is 0 Å². The standard InChI is InChI=1S/C17H15N3O3/c1-11(13-3-5-16-17(7-13)22-10-21-16)20-23-8-12-2-4-14-15(6-12)19-9-18-14/h2-7H,8-10H2,1H3/b20-11+. The molecule has 0 atom stereocenters. The van der Waals surface area contributed by atoms with E-state index in [1.165, 1.54) is 0 Å². The van der Waals surface area contributed by atoms with E-state index in [9.17, 15) is 0 Å². The number of rotatable bonds is 4. The Morgan fingerprint density at radius 2 is 1.96 bits per heavy atom. The summed E-state index contributed by atoms with van der Waals surface area (Å²) in [6.07, 6.45) is 0. The summed E-state index contributed by atoms with van der Waals surface area (Å²) in [4.78, 5) is 14.0. The van der Waals surface area contributed by atoms with Crippen LogP contribution in [-0.2, 0) is 11.4 Å². The molecule has 0 spiro atoms. The topological polar surface area (TPSA) is 64.8 Å². The number of hydrogen-bond acceptors (Lipinski definition) is 6. The molecule has 0 unspecified atom stereocenters. The summed E-state index contributed by atoms with van der Waals surface area (Å²) >= 11 is 0. The lowest BCUT2D eigenvalue weighted by Gasteiger charge is -2.04. The van der Waals surface area contributed by atoms with Gasteiger partial charge < -0.3 is 14.3 Å². The molecule has 2 aliphatic heterocycles. The molecule has 2 aromatic carbocycles. The molecule has 0 fully saturated rings. The molecule has 0 aliphatic carbocycles. The van der Waals surface area contributed by atoms with Crippen molar-refractivity contribution in [3.8, 4) is 11.5 Å². The average Bonchev–Trinajstić information content (AvgIpc) is 3.22. The van der Waals surface area contributed by atoms with Gasteiger partial charge in [0.15, 0.2) is 11.5 Å². The Hall–Kier alpha value is -2.89. The summed E-state index contributed by atoms with van der Waals surface area (Å²) in [7, 11) is 0. The molecule has 0 bridgehead atoms. The summed E-state index contributed by atoms with van der Waals surface area (Å²) in [6.45, 7) is 3.07. The molecule has 2 heterocycles. The predicted octanol–water partition coefficient (Wildman–Crippen LogP) is 1.57. The van der Waals surface area contributed by atoms with Gasteiger partial charge in [0, 0.05) is 5.56 Å². The van der Waals surface area contributed by atoms with Crippen molar-refractivity contribution in [1.82, 2.24) is 0 Å². The molecule has 116 valence electrons. The number of oxime groups is 1. The van der Waals surface area contributed by atoms with Gasteiger partial charge in [-0.05, 0) is 42.8 Å². The first kappa shape index (κ1) is 13.8. The molecule has 0 saturated carbocycles. The third-order valence-electron chi connectivity index (χ3n) is 3.74. The van der Waals surface area contributed by atoms with E-state index in [1.807, 2.05) is 43.3 Å². The number of hydrogen-bond donors (Lipinski definition) is 0. The maximum atomic E-state index is 5.46. The minimum atomic E-state index is 0.265. The molecule has 0 radical (unpaired) electrons. The fourth-order valence-corrected chi connectivity index (χ4v) is 2.48. The number of nitrogens with zero attached hydrogens (tertiary/aromatic N) is 3. The molecule has 6 nitrogen and oxygen atoms in total. The van der Waals surface area contributed by atoms with Gasteiger partial charge in [-0.3, -0.25) is 9.98 Å². The van der Waals surface area contributed by atoms with Crippen LogP contribution in [0.5, 0.6) is 11.5 Å². The molecule has 2 aromatic rings. The van der Waals surface area contributed by atoms with Crippen LogP contribution in [0.25, 0.3) is 0 Å². The normalized spacial score (nSPS) is 14.9. The first-order valence-electron chi connectivity index (χ1n) is 7.34. The van der Waals surface area contributed by atoms with Gasteiger partial charge in [0.05, 0.1) is 16.4 Å². The van der Waals surface area contributed by atoms with Gasteiger partial charge in [0.2, 0.25) is 6.79 Å². The quantitative estimate of drug-likeness (QED) is 0.636. The van der Waals surface area contributed by atoms with Gasteiger partial charge in [-0.2, -0.15) is 0 Å². The zero-order valence-electron chi connectivity index (χ0n) is 12.7. The van der Waals surface area contributed by atoms with Crippen molar-refractivity contribution in [3.63, 3.8) is 0 Å². The molecule has 0 aromatic heterocycles. The minimum Gasteiger partial charge on any atom is -0.454 e. The summed E-state index contributed by atoms with van der Waals surface area (Å²) in [5.74, 6) is 1.50. The first-order chi connectivity index (χ1) is 11.3. The molecule has 6 heteroatoms. The molecular weight excluding hydrogens is 294 g/mol. The van der Waals surface area contributed by atoms with Crippen molar-refractivity contribution in [1.29, 1.82) is 0 Å².